The Morgan fingerprint density at radius 1 is 0.931 bits per heavy atom. The maximum Gasteiger partial charge on any atom is 0.326 e. The van der Waals surface area contributed by atoms with Crippen molar-refractivity contribution in [1.82, 2.24) is 0 Å². The average Bonchev–Trinajstić information content (AvgIpc) is 2.76. The van der Waals surface area contributed by atoms with Gasteiger partial charge in [0, 0.05) is 19.5 Å². The summed E-state index contributed by atoms with van der Waals surface area (Å²) >= 11 is 0. The highest BCUT2D eigenvalue weighted by Gasteiger charge is 2.28. The Bertz CT molecular complexity index is 1050. The number of hydrogen-bond acceptors (Lipinski definition) is 5. The molecule has 0 saturated carbocycles. The lowest BCUT2D eigenvalue weighted by Gasteiger charge is -2.26. The van der Waals surface area contributed by atoms with Crippen LogP contribution in [0.5, 0.6) is 0 Å². The van der Waals surface area contributed by atoms with Gasteiger partial charge in [-0.15, -0.1) is 0 Å². The van der Waals surface area contributed by atoms with Crippen molar-refractivity contribution in [3.63, 3.8) is 0 Å². The van der Waals surface area contributed by atoms with Crippen molar-refractivity contribution in [1.29, 1.82) is 0 Å². The SMILES string of the molecule is CCN(CC)c1c(N[C@@H](Cc2ccc(-c3ccccc3)cc2)C(=O)O)c(=O)c1=O. The van der Waals surface area contributed by atoms with Crippen LogP contribution in [0.1, 0.15) is 19.4 Å². The molecule has 0 bridgehead atoms. The quantitative estimate of drug-likeness (QED) is 0.545. The highest BCUT2D eigenvalue weighted by Crippen LogP contribution is 2.23. The van der Waals surface area contributed by atoms with E-state index < -0.39 is 22.9 Å². The van der Waals surface area contributed by atoms with E-state index in [9.17, 15) is 19.5 Å². The van der Waals surface area contributed by atoms with E-state index in [1.54, 1.807) is 4.90 Å². The van der Waals surface area contributed by atoms with Gasteiger partial charge >= 0.3 is 5.97 Å². The van der Waals surface area contributed by atoms with Crippen molar-refractivity contribution in [2.24, 2.45) is 0 Å². The molecule has 6 nitrogen and oxygen atoms in total. The summed E-state index contributed by atoms with van der Waals surface area (Å²) in [6, 6.07) is 16.6. The van der Waals surface area contributed by atoms with Gasteiger partial charge < -0.3 is 15.3 Å². The summed E-state index contributed by atoms with van der Waals surface area (Å²) in [5.74, 6) is -1.07. The van der Waals surface area contributed by atoms with Crippen LogP contribution >= 0.6 is 0 Å². The van der Waals surface area contributed by atoms with Gasteiger partial charge in [0.1, 0.15) is 17.4 Å². The highest BCUT2D eigenvalue weighted by molar-refractivity contribution is 5.83. The molecule has 0 aliphatic heterocycles. The first-order chi connectivity index (χ1) is 14.0. The Kier molecular flexibility index (Phi) is 6.12. The second-order valence-corrected chi connectivity index (χ2v) is 6.86. The molecule has 0 fully saturated rings. The zero-order valence-electron chi connectivity index (χ0n) is 16.5. The largest absolute Gasteiger partial charge is 0.480 e. The second-order valence-electron chi connectivity index (χ2n) is 6.86. The number of rotatable bonds is 9. The van der Waals surface area contributed by atoms with E-state index in [1.165, 1.54) is 0 Å². The Morgan fingerprint density at radius 2 is 1.52 bits per heavy atom. The molecule has 29 heavy (non-hydrogen) atoms. The zero-order valence-corrected chi connectivity index (χ0v) is 16.5. The van der Waals surface area contributed by atoms with E-state index in [-0.39, 0.29) is 17.8 Å². The van der Waals surface area contributed by atoms with E-state index in [1.807, 2.05) is 68.4 Å². The first-order valence-corrected chi connectivity index (χ1v) is 9.68. The number of carbonyl (C=O) groups is 1. The summed E-state index contributed by atoms with van der Waals surface area (Å²) in [4.78, 5) is 37.5. The third-order valence-electron chi connectivity index (χ3n) is 5.08. The minimum atomic E-state index is -1.07. The third-order valence-corrected chi connectivity index (χ3v) is 5.08. The van der Waals surface area contributed by atoms with Crippen LogP contribution in [0.25, 0.3) is 11.1 Å². The molecule has 3 rings (SSSR count). The van der Waals surface area contributed by atoms with Gasteiger partial charge in [-0.2, -0.15) is 0 Å². The van der Waals surface area contributed by atoms with Gasteiger partial charge in [0.25, 0.3) is 10.9 Å². The van der Waals surface area contributed by atoms with Gasteiger partial charge in [-0.3, -0.25) is 9.59 Å². The van der Waals surface area contributed by atoms with E-state index in [0.29, 0.717) is 13.1 Å². The van der Waals surface area contributed by atoms with Gasteiger partial charge in [0.05, 0.1) is 0 Å². The molecular formula is C23H24N2O4. The zero-order chi connectivity index (χ0) is 21.0. The molecule has 0 amide bonds. The summed E-state index contributed by atoms with van der Waals surface area (Å²) in [5, 5.41) is 12.4. The molecule has 0 spiro atoms. The first kappa shape index (κ1) is 20.3. The normalized spacial score (nSPS) is 11.9. The molecule has 0 radical (unpaired) electrons. The van der Waals surface area contributed by atoms with Crippen LogP contribution in [0.15, 0.2) is 64.2 Å². The average molecular weight is 392 g/mol. The van der Waals surface area contributed by atoms with Gasteiger partial charge in [0.2, 0.25) is 0 Å². The van der Waals surface area contributed by atoms with E-state index in [4.69, 9.17) is 0 Å². The van der Waals surface area contributed by atoms with Crippen molar-refractivity contribution < 1.29 is 9.90 Å². The van der Waals surface area contributed by atoms with Crippen molar-refractivity contribution in [2.45, 2.75) is 26.3 Å². The number of benzene rings is 2. The van der Waals surface area contributed by atoms with Crippen LogP contribution in [0.4, 0.5) is 11.4 Å². The Balaban J connectivity index is 1.79. The predicted octanol–water partition coefficient (Wildman–Crippen LogP) is 2.90. The molecule has 6 heteroatoms. The molecule has 2 N–H and O–H groups in total. The van der Waals surface area contributed by atoms with Crippen LogP contribution < -0.4 is 21.1 Å². The van der Waals surface area contributed by atoms with Gasteiger partial charge in [-0.05, 0) is 30.5 Å². The Labute approximate surface area is 169 Å². The van der Waals surface area contributed by atoms with Crippen molar-refractivity contribution >= 4 is 17.3 Å². The van der Waals surface area contributed by atoms with E-state index in [2.05, 4.69) is 5.32 Å². The number of nitrogens with one attached hydrogen (secondary N) is 1. The lowest BCUT2D eigenvalue weighted by atomic mass is 10.00. The lowest BCUT2D eigenvalue weighted by Crippen LogP contribution is -2.45. The topological polar surface area (TPSA) is 86.7 Å². The fourth-order valence-corrected chi connectivity index (χ4v) is 3.43. The number of nitrogens with zero attached hydrogens (tertiary/aromatic N) is 1. The number of anilines is 2. The third kappa shape index (κ3) is 4.21. The Morgan fingerprint density at radius 3 is 2.07 bits per heavy atom. The maximum atomic E-state index is 12.0. The van der Waals surface area contributed by atoms with Crippen LogP contribution in [0, 0.1) is 0 Å². The molecule has 3 aromatic carbocycles. The first-order valence-electron chi connectivity index (χ1n) is 9.68. The summed E-state index contributed by atoms with van der Waals surface area (Å²) in [6.07, 6.45) is 0.195. The molecule has 0 unspecified atom stereocenters. The van der Waals surface area contributed by atoms with Crippen molar-refractivity contribution in [3.8, 4) is 11.1 Å². The molecule has 0 aromatic heterocycles. The lowest BCUT2D eigenvalue weighted by molar-refractivity contribution is -0.137. The fraction of sp³-hybridized carbons (Fsp3) is 0.261. The summed E-state index contributed by atoms with van der Waals surface area (Å²) < 4.78 is 0. The maximum absolute atomic E-state index is 12.0. The van der Waals surface area contributed by atoms with Crippen molar-refractivity contribution in [2.75, 3.05) is 23.3 Å². The number of aliphatic carboxylic acids is 1. The monoisotopic (exact) mass is 392 g/mol. The molecule has 1 atom stereocenters. The molecule has 0 saturated heterocycles. The smallest absolute Gasteiger partial charge is 0.326 e. The number of carboxylic acids is 1. The molecule has 150 valence electrons. The summed E-state index contributed by atoms with van der Waals surface area (Å²) in [7, 11) is 0. The molecule has 0 aliphatic rings. The van der Waals surface area contributed by atoms with Gasteiger partial charge in [0.15, 0.2) is 0 Å². The van der Waals surface area contributed by atoms with Gasteiger partial charge in [-0.25, -0.2) is 4.79 Å². The molecular weight excluding hydrogens is 368 g/mol. The minimum absolute atomic E-state index is 0.104. The predicted molar refractivity (Wildman–Crippen MR) is 116 cm³/mol. The van der Waals surface area contributed by atoms with Crippen LogP contribution in [0.2, 0.25) is 0 Å². The second kappa shape index (κ2) is 8.73. The summed E-state index contributed by atoms with van der Waals surface area (Å²) in [6.45, 7) is 4.89. The highest BCUT2D eigenvalue weighted by atomic mass is 16.4. The van der Waals surface area contributed by atoms with Gasteiger partial charge in [-0.1, -0.05) is 54.6 Å². The Hall–Kier alpha value is -3.41. The standard InChI is InChI=1S/C23H24N2O4/c1-3-25(4-2)20-19(21(26)22(20)27)24-18(23(28)29)14-15-10-12-17(13-11-15)16-8-6-5-7-9-16/h5-13,18,24H,3-4,14H2,1-2H3,(H,28,29)/t18-/m0/s1. The van der Waals surface area contributed by atoms with Crippen LogP contribution in [-0.2, 0) is 11.2 Å². The minimum Gasteiger partial charge on any atom is -0.480 e. The fourth-order valence-electron chi connectivity index (χ4n) is 3.43. The molecule has 0 heterocycles. The number of carboxylic acid groups (broad SMARTS) is 1. The number of hydrogen-bond donors (Lipinski definition) is 2. The van der Waals surface area contributed by atoms with Crippen LogP contribution in [-0.4, -0.2) is 30.2 Å². The summed E-state index contributed by atoms with van der Waals surface area (Å²) in [5.41, 5.74) is 2.12. The van der Waals surface area contributed by atoms with Crippen molar-refractivity contribution in [3.05, 3.63) is 80.6 Å². The molecule has 3 aromatic rings. The van der Waals surface area contributed by atoms with E-state index >= 15 is 0 Å². The van der Waals surface area contributed by atoms with Crippen LogP contribution in [0.3, 0.4) is 0 Å². The van der Waals surface area contributed by atoms with E-state index in [0.717, 1.165) is 16.7 Å². The molecule has 0 aliphatic carbocycles.